The number of nitrogens with zero attached hydrogens (tertiary/aromatic N) is 1. The van der Waals surface area contributed by atoms with Gasteiger partial charge in [-0.15, -0.1) is 0 Å². The standard InChI is InChI=1S/C13H16N2O5/c1-8-9(5-6-20-8)7-14-11-4-2-3-10(13(16)17)12(11)15(18)19/h2-4,8-9,14H,5-7H2,1H3,(H,16,17). The summed E-state index contributed by atoms with van der Waals surface area (Å²) in [5.74, 6) is -1.04. The Morgan fingerprint density at radius 3 is 2.90 bits per heavy atom. The number of nitrogens with one attached hydrogen (secondary N) is 1. The van der Waals surface area contributed by atoms with E-state index in [1.807, 2.05) is 6.92 Å². The number of ether oxygens (including phenoxy) is 1. The van der Waals surface area contributed by atoms with Gasteiger partial charge >= 0.3 is 11.7 Å². The van der Waals surface area contributed by atoms with E-state index in [0.29, 0.717) is 13.2 Å². The first-order chi connectivity index (χ1) is 9.50. The lowest BCUT2D eigenvalue weighted by Gasteiger charge is -2.16. The average Bonchev–Trinajstić information content (AvgIpc) is 2.81. The van der Waals surface area contributed by atoms with Gasteiger partial charge in [0.15, 0.2) is 0 Å². The van der Waals surface area contributed by atoms with Crippen molar-refractivity contribution in [1.29, 1.82) is 0 Å². The minimum atomic E-state index is -1.31. The summed E-state index contributed by atoms with van der Waals surface area (Å²) in [6.07, 6.45) is 0.991. The fourth-order valence-corrected chi connectivity index (χ4v) is 2.34. The van der Waals surface area contributed by atoms with Crippen LogP contribution in [0.3, 0.4) is 0 Å². The van der Waals surface area contributed by atoms with Gasteiger partial charge in [0.05, 0.1) is 11.0 Å². The van der Waals surface area contributed by atoms with Crippen LogP contribution in [-0.4, -0.2) is 35.3 Å². The lowest BCUT2D eigenvalue weighted by atomic mass is 10.0. The third-order valence-electron chi connectivity index (χ3n) is 3.54. The molecule has 1 heterocycles. The number of aromatic carboxylic acids is 1. The number of carboxylic acids is 1. The smallest absolute Gasteiger partial charge is 0.342 e. The van der Waals surface area contributed by atoms with Crippen molar-refractivity contribution in [1.82, 2.24) is 0 Å². The van der Waals surface area contributed by atoms with Gasteiger partial charge in [-0.3, -0.25) is 10.1 Å². The van der Waals surface area contributed by atoms with Crippen LogP contribution < -0.4 is 5.32 Å². The highest BCUT2D eigenvalue weighted by Gasteiger charge is 2.27. The molecule has 2 unspecified atom stereocenters. The number of benzene rings is 1. The number of carboxylic acid groups (broad SMARTS) is 1. The lowest BCUT2D eigenvalue weighted by Crippen LogP contribution is -2.21. The predicted octanol–water partition coefficient (Wildman–Crippen LogP) is 2.13. The molecule has 0 amide bonds. The fraction of sp³-hybridized carbons (Fsp3) is 0.462. The monoisotopic (exact) mass is 280 g/mol. The van der Waals surface area contributed by atoms with Crippen LogP contribution in [0.2, 0.25) is 0 Å². The van der Waals surface area contributed by atoms with Crippen molar-refractivity contribution in [2.75, 3.05) is 18.5 Å². The first kappa shape index (κ1) is 14.3. The summed E-state index contributed by atoms with van der Waals surface area (Å²) in [6.45, 7) is 3.16. The topological polar surface area (TPSA) is 102 Å². The number of carbonyl (C=O) groups is 1. The number of nitro benzene ring substituents is 1. The van der Waals surface area contributed by atoms with E-state index in [-0.39, 0.29) is 23.3 Å². The highest BCUT2D eigenvalue weighted by Crippen LogP contribution is 2.30. The molecule has 2 rings (SSSR count). The minimum absolute atomic E-state index is 0.101. The molecule has 0 saturated carbocycles. The van der Waals surface area contributed by atoms with Crippen molar-refractivity contribution in [3.63, 3.8) is 0 Å². The van der Waals surface area contributed by atoms with E-state index >= 15 is 0 Å². The quantitative estimate of drug-likeness (QED) is 0.632. The number of hydrogen-bond donors (Lipinski definition) is 2. The number of para-hydroxylation sites is 1. The molecule has 2 atom stereocenters. The molecule has 20 heavy (non-hydrogen) atoms. The molecule has 1 aromatic rings. The molecule has 0 spiro atoms. The van der Waals surface area contributed by atoms with Gasteiger partial charge in [0.25, 0.3) is 0 Å². The first-order valence-electron chi connectivity index (χ1n) is 6.37. The maximum atomic E-state index is 11.1. The molecule has 1 aliphatic rings. The second-order valence-corrected chi connectivity index (χ2v) is 4.77. The molecule has 7 heteroatoms. The lowest BCUT2D eigenvalue weighted by molar-refractivity contribution is -0.384. The summed E-state index contributed by atoms with van der Waals surface area (Å²) in [6, 6.07) is 4.24. The van der Waals surface area contributed by atoms with Gasteiger partial charge in [0, 0.05) is 19.1 Å². The molecule has 0 bridgehead atoms. The highest BCUT2D eigenvalue weighted by atomic mass is 16.6. The van der Waals surface area contributed by atoms with Crippen molar-refractivity contribution < 1.29 is 19.6 Å². The van der Waals surface area contributed by atoms with Crippen LogP contribution in [0.5, 0.6) is 0 Å². The van der Waals surface area contributed by atoms with E-state index in [1.165, 1.54) is 18.2 Å². The van der Waals surface area contributed by atoms with Crippen molar-refractivity contribution >= 4 is 17.3 Å². The zero-order chi connectivity index (χ0) is 14.7. The van der Waals surface area contributed by atoms with E-state index in [2.05, 4.69) is 5.32 Å². The molecule has 7 nitrogen and oxygen atoms in total. The first-order valence-corrected chi connectivity index (χ1v) is 6.37. The van der Waals surface area contributed by atoms with Crippen molar-refractivity contribution in [2.45, 2.75) is 19.4 Å². The van der Waals surface area contributed by atoms with E-state index < -0.39 is 16.6 Å². The molecule has 0 aromatic heterocycles. The Kier molecular flexibility index (Phi) is 4.19. The molecule has 0 radical (unpaired) electrons. The molecule has 2 N–H and O–H groups in total. The van der Waals surface area contributed by atoms with E-state index in [9.17, 15) is 14.9 Å². The van der Waals surface area contributed by atoms with E-state index in [0.717, 1.165) is 6.42 Å². The molecule has 0 aliphatic carbocycles. The summed E-state index contributed by atoms with van der Waals surface area (Å²) < 4.78 is 5.43. The Bertz CT molecular complexity index is 531. The Hall–Kier alpha value is -2.15. The van der Waals surface area contributed by atoms with Crippen molar-refractivity contribution in [2.24, 2.45) is 5.92 Å². The largest absolute Gasteiger partial charge is 0.477 e. The predicted molar refractivity (Wildman–Crippen MR) is 72.1 cm³/mol. The van der Waals surface area contributed by atoms with Crippen LogP contribution in [0.1, 0.15) is 23.7 Å². The normalized spacial score (nSPS) is 21.6. The van der Waals surface area contributed by atoms with Crippen LogP contribution >= 0.6 is 0 Å². The Labute approximate surface area is 115 Å². The number of rotatable bonds is 5. The van der Waals surface area contributed by atoms with Crippen LogP contribution in [0, 0.1) is 16.0 Å². The number of nitro groups is 1. The zero-order valence-electron chi connectivity index (χ0n) is 11.0. The Morgan fingerprint density at radius 2 is 2.35 bits per heavy atom. The van der Waals surface area contributed by atoms with Crippen LogP contribution in [0.15, 0.2) is 18.2 Å². The van der Waals surface area contributed by atoms with Gasteiger partial charge in [-0.05, 0) is 25.5 Å². The van der Waals surface area contributed by atoms with Gasteiger partial charge < -0.3 is 15.2 Å². The van der Waals surface area contributed by atoms with Crippen LogP contribution in [-0.2, 0) is 4.74 Å². The second-order valence-electron chi connectivity index (χ2n) is 4.77. The van der Waals surface area contributed by atoms with Crippen molar-refractivity contribution in [3.05, 3.63) is 33.9 Å². The SMILES string of the molecule is CC1OCCC1CNc1cccc(C(=O)O)c1[N+](=O)[O-]. The van der Waals surface area contributed by atoms with E-state index in [1.54, 1.807) is 0 Å². The second kappa shape index (κ2) is 5.87. The maximum absolute atomic E-state index is 11.1. The third kappa shape index (κ3) is 2.88. The summed E-state index contributed by atoms with van der Waals surface area (Å²) in [7, 11) is 0. The summed E-state index contributed by atoms with van der Waals surface area (Å²) >= 11 is 0. The molecule has 108 valence electrons. The van der Waals surface area contributed by atoms with Crippen LogP contribution in [0.25, 0.3) is 0 Å². The zero-order valence-corrected chi connectivity index (χ0v) is 11.0. The summed E-state index contributed by atoms with van der Waals surface area (Å²) in [5, 5.41) is 23.1. The molecule has 1 aliphatic heterocycles. The molecule has 1 aromatic carbocycles. The average molecular weight is 280 g/mol. The highest BCUT2D eigenvalue weighted by molar-refractivity contribution is 5.95. The minimum Gasteiger partial charge on any atom is -0.477 e. The number of hydrogen-bond acceptors (Lipinski definition) is 5. The fourth-order valence-electron chi connectivity index (χ4n) is 2.34. The van der Waals surface area contributed by atoms with Gasteiger partial charge in [-0.1, -0.05) is 6.07 Å². The van der Waals surface area contributed by atoms with Crippen LogP contribution in [0.4, 0.5) is 11.4 Å². The Balaban J connectivity index is 2.20. The molecule has 1 saturated heterocycles. The molecule has 1 fully saturated rings. The summed E-state index contributed by atoms with van der Waals surface area (Å²) in [4.78, 5) is 21.5. The number of anilines is 1. The molecular formula is C13H16N2O5. The van der Waals surface area contributed by atoms with Crippen molar-refractivity contribution in [3.8, 4) is 0 Å². The van der Waals surface area contributed by atoms with Gasteiger partial charge in [-0.25, -0.2) is 4.79 Å². The van der Waals surface area contributed by atoms with E-state index in [4.69, 9.17) is 9.84 Å². The Morgan fingerprint density at radius 1 is 1.60 bits per heavy atom. The van der Waals surface area contributed by atoms with Gasteiger partial charge in [0.1, 0.15) is 11.3 Å². The summed E-state index contributed by atoms with van der Waals surface area (Å²) in [5.41, 5.74) is -0.476. The van der Waals surface area contributed by atoms with Gasteiger partial charge in [-0.2, -0.15) is 0 Å². The van der Waals surface area contributed by atoms with Gasteiger partial charge in [0.2, 0.25) is 0 Å². The third-order valence-corrected chi connectivity index (χ3v) is 3.54. The molecular weight excluding hydrogens is 264 g/mol. The maximum Gasteiger partial charge on any atom is 0.342 e.